The molecule has 0 amide bonds. The van der Waals surface area contributed by atoms with Crippen LogP contribution in [0, 0.1) is 0 Å². The molecule has 6 atom stereocenters. The van der Waals surface area contributed by atoms with Crippen molar-refractivity contribution < 1.29 is 59.2 Å². The third kappa shape index (κ3) is 4.11. The Morgan fingerprint density at radius 2 is 1.79 bits per heavy atom. The predicted octanol–water partition coefficient (Wildman–Crippen LogP) is 0.0349. The van der Waals surface area contributed by atoms with Gasteiger partial charge < -0.3 is 44.8 Å². The molecule has 0 bridgehead atoms. The van der Waals surface area contributed by atoms with Gasteiger partial charge >= 0.3 is 0 Å². The Morgan fingerprint density at radius 3 is 2.44 bits per heavy atom. The number of rotatable bonds is 5. The maximum absolute atomic E-state index is 13.6. The lowest BCUT2D eigenvalue weighted by atomic mass is 9.72. The molecule has 208 valence electrons. The normalized spacial score (nSPS) is 29.8. The molecule has 2 aromatic rings. The molecule has 1 heterocycles. The maximum Gasteiger partial charge on any atom is 0.202 e. The highest BCUT2D eigenvalue weighted by atomic mass is 16.7. The van der Waals surface area contributed by atoms with E-state index in [1.807, 2.05) is 0 Å². The van der Waals surface area contributed by atoms with Crippen molar-refractivity contribution in [1.82, 2.24) is 0 Å². The first-order valence-electron chi connectivity index (χ1n) is 12.3. The first kappa shape index (κ1) is 27.2. The van der Waals surface area contributed by atoms with Crippen LogP contribution in [0.4, 0.5) is 0 Å². The zero-order valence-electron chi connectivity index (χ0n) is 21.1. The summed E-state index contributed by atoms with van der Waals surface area (Å²) < 4.78 is 16.8. The number of phenols is 2. The Labute approximate surface area is 222 Å². The third-order valence-electron chi connectivity index (χ3n) is 7.73. The number of carbonyl (C=O) groups is 3. The zero-order valence-corrected chi connectivity index (χ0v) is 21.1. The average Bonchev–Trinajstić information content (AvgIpc) is 2.90. The van der Waals surface area contributed by atoms with E-state index >= 15 is 0 Å². The fourth-order valence-corrected chi connectivity index (χ4v) is 5.69. The van der Waals surface area contributed by atoms with Crippen LogP contribution in [0.5, 0.6) is 17.2 Å². The smallest absolute Gasteiger partial charge is 0.202 e. The SMILES string of the molecule is COc1cccc2c1C(=O)c1c(O)c3c(c(O)c1C2=O)C[C@@](O)(C(=O)CO)CC3OC1CC(O)C(O)C(C)O1. The lowest BCUT2D eigenvalue weighted by molar-refractivity contribution is -0.266. The number of aromatic hydroxyl groups is 2. The number of Topliss-reactive ketones (excluding diaryl/α,β-unsaturated/α-hetero) is 1. The van der Waals surface area contributed by atoms with Crippen LogP contribution in [0.25, 0.3) is 0 Å². The number of ketones is 3. The van der Waals surface area contributed by atoms with E-state index in [1.165, 1.54) is 32.2 Å². The van der Waals surface area contributed by atoms with E-state index < -0.39 is 95.7 Å². The van der Waals surface area contributed by atoms with Crippen LogP contribution in [0.15, 0.2) is 18.2 Å². The highest BCUT2D eigenvalue weighted by molar-refractivity contribution is 6.31. The summed E-state index contributed by atoms with van der Waals surface area (Å²) in [5.41, 5.74) is -3.81. The summed E-state index contributed by atoms with van der Waals surface area (Å²) in [6.07, 6.45) is -7.17. The maximum atomic E-state index is 13.6. The van der Waals surface area contributed by atoms with E-state index in [1.54, 1.807) is 0 Å². The van der Waals surface area contributed by atoms with Gasteiger partial charge in [0, 0.05) is 36.0 Å². The van der Waals surface area contributed by atoms with Crippen molar-refractivity contribution in [2.24, 2.45) is 0 Å². The van der Waals surface area contributed by atoms with Crippen molar-refractivity contribution in [2.75, 3.05) is 13.7 Å². The summed E-state index contributed by atoms with van der Waals surface area (Å²) >= 11 is 0. The average molecular weight is 545 g/mol. The van der Waals surface area contributed by atoms with Gasteiger partial charge in [0.05, 0.1) is 42.1 Å². The zero-order chi connectivity index (χ0) is 28.4. The van der Waals surface area contributed by atoms with Gasteiger partial charge in [-0.3, -0.25) is 14.4 Å². The molecule has 2 aliphatic carbocycles. The van der Waals surface area contributed by atoms with Crippen molar-refractivity contribution >= 4 is 17.3 Å². The lowest BCUT2D eigenvalue weighted by Gasteiger charge is -2.42. The van der Waals surface area contributed by atoms with Crippen molar-refractivity contribution in [3.8, 4) is 17.2 Å². The van der Waals surface area contributed by atoms with Crippen LogP contribution >= 0.6 is 0 Å². The minimum Gasteiger partial charge on any atom is -0.507 e. The topological polar surface area (TPSA) is 200 Å². The molecular formula is C27H28O12. The molecule has 1 aliphatic heterocycles. The van der Waals surface area contributed by atoms with Crippen molar-refractivity contribution in [3.63, 3.8) is 0 Å². The highest BCUT2D eigenvalue weighted by Crippen LogP contribution is 2.52. The summed E-state index contributed by atoms with van der Waals surface area (Å²) in [5.74, 6) is -3.91. The van der Waals surface area contributed by atoms with Crippen LogP contribution in [-0.4, -0.2) is 91.9 Å². The van der Waals surface area contributed by atoms with Crippen molar-refractivity contribution in [2.45, 2.75) is 62.5 Å². The third-order valence-corrected chi connectivity index (χ3v) is 7.73. The number of hydrogen-bond acceptors (Lipinski definition) is 12. The number of aliphatic hydroxyl groups is 4. The molecule has 12 nitrogen and oxygen atoms in total. The quantitative estimate of drug-likeness (QED) is 0.236. The Kier molecular flexibility index (Phi) is 6.74. The van der Waals surface area contributed by atoms with E-state index in [4.69, 9.17) is 14.2 Å². The summed E-state index contributed by atoms with van der Waals surface area (Å²) in [6, 6.07) is 4.33. The van der Waals surface area contributed by atoms with Gasteiger partial charge in [0.25, 0.3) is 0 Å². The number of methoxy groups -OCH3 is 1. The molecule has 5 unspecified atom stereocenters. The highest BCUT2D eigenvalue weighted by Gasteiger charge is 2.50. The van der Waals surface area contributed by atoms with E-state index in [2.05, 4.69) is 0 Å². The van der Waals surface area contributed by atoms with Crippen molar-refractivity contribution in [1.29, 1.82) is 0 Å². The minimum atomic E-state index is -2.27. The monoisotopic (exact) mass is 544 g/mol. The molecule has 0 spiro atoms. The number of aliphatic hydroxyl groups excluding tert-OH is 3. The minimum absolute atomic E-state index is 0.0658. The molecule has 3 aliphatic rings. The van der Waals surface area contributed by atoms with E-state index in [-0.39, 0.29) is 34.4 Å². The standard InChI is InChI=1S/C27H28O12/c1-10-22(31)13(29)6-17(38-10)39-15-8-27(36,16(30)9-28)7-12-19(15)26(35)21-20(24(12)33)23(32)11-4-3-5-14(37-2)18(11)25(21)34/h3-5,10,13,15,17,22,28-29,31,33,35-36H,6-9H2,1-2H3/t10?,13?,15?,17?,22?,27-/m0/s1. The molecule has 1 fully saturated rings. The molecule has 1 saturated heterocycles. The van der Waals surface area contributed by atoms with Crippen molar-refractivity contribution in [3.05, 3.63) is 51.6 Å². The van der Waals surface area contributed by atoms with Crippen LogP contribution < -0.4 is 4.74 Å². The second-order valence-corrected chi connectivity index (χ2v) is 10.1. The van der Waals surface area contributed by atoms with Gasteiger partial charge in [-0.15, -0.1) is 0 Å². The molecule has 5 rings (SSSR count). The molecular weight excluding hydrogens is 516 g/mol. The van der Waals surface area contributed by atoms with Crippen LogP contribution in [0.1, 0.15) is 68.8 Å². The second-order valence-electron chi connectivity index (χ2n) is 10.1. The van der Waals surface area contributed by atoms with Gasteiger partial charge in [-0.2, -0.15) is 0 Å². The Morgan fingerprint density at radius 1 is 1.10 bits per heavy atom. The Bertz CT molecular complexity index is 1370. The number of fused-ring (bicyclic) bond motifs is 3. The van der Waals surface area contributed by atoms with E-state index in [0.29, 0.717) is 0 Å². The predicted molar refractivity (Wildman–Crippen MR) is 130 cm³/mol. The molecule has 2 aromatic carbocycles. The molecule has 0 aromatic heterocycles. The van der Waals surface area contributed by atoms with Gasteiger partial charge in [-0.05, 0) is 13.0 Å². The number of benzene rings is 2. The second kappa shape index (κ2) is 9.66. The largest absolute Gasteiger partial charge is 0.507 e. The number of carbonyl (C=O) groups excluding carboxylic acids is 3. The number of ether oxygens (including phenoxy) is 3. The summed E-state index contributed by atoms with van der Waals surface area (Å²) in [4.78, 5) is 39.7. The number of phenolic OH excluding ortho intramolecular Hbond substituents is 2. The fraction of sp³-hybridized carbons (Fsp3) is 0.444. The molecule has 0 saturated carbocycles. The lowest BCUT2D eigenvalue weighted by Crippen LogP contribution is -2.50. The molecule has 0 radical (unpaired) electrons. The molecule has 39 heavy (non-hydrogen) atoms. The van der Waals surface area contributed by atoms with E-state index in [9.17, 15) is 45.0 Å². The van der Waals surface area contributed by atoms with Gasteiger partial charge in [0.15, 0.2) is 17.9 Å². The van der Waals surface area contributed by atoms with Crippen LogP contribution in [0.2, 0.25) is 0 Å². The van der Waals surface area contributed by atoms with Gasteiger partial charge in [-0.1, -0.05) is 12.1 Å². The van der Waals surface area contributed by atoms with Crippen LogP contribution in [-0.2, 0) is 20.7 Å². The van der Waals surface area contributed by atoms with Gasteiger partial charge in [-0.25, -0.2) is 0 Å². The first-order chi connectivity index (χ1) is 18.4. The summed E-state index contributed by atoms with van der Waals surface area (Å²) in [5, 5.41) is 63.7. The Balaban J connectivity index is 1.69. The molecule has 12 heteroatoms. The van der Waals surface area contributed by atoms with Gasteiger partial charge in [0.2, 0.25) is 5.78 Å². The van der Waals surface area contributed by atoms with E-state index in [0.717, 1.165) is 0 Å². The van der Waals surface area contributed by atoms with Gasteiger partial charge in [0.1, 0.15) is 35.6 Å². The summed E-state index contributed by atoms with van der Waals surface area (Å²) in [7, 11) is 1.31. The van der Waals surface area contributed by atoms with Crippen LogP contribution in [0.3, 0.4) is 0 Å². The molecule has 6 N–H and O–H groups in total. The number of hydrogen-bond donors (Lipinski definition) is 6. The first-order valence-corrected chi connectivity index (χ1v) is 12.3. The fourth-order valence-electron chi connectivity index (χ4n) is 5.69. The summed E-state index contributed by atoms with van der Waals surface area (Å²) in [6.45, 7) is 0.460. The Hall–Kier alpha value is -3.39.